The minimum absolute atomic E-state index is 0.0317. The summed E-state index contributed by atoms with van der Waals surface area (Å²) in [6.07, 6.45) is 1.03. The number of aliphatic hydroxyl groups excluding tert-OH is 1. The van der Waals surface area contributed by atoms with Gasteiger partial charge in [0.1, 0.15) is 11.4 Å². The van der Waals surface area contributed by atoms with Gasteiger partial charge >= 0.3 is 0 Å². The Hall–Kier alpha value is -0.580. The van der Waals surface area contributed by atoms with Crippen molar-refractivity contribution in [2.75, 3.05) is 6.61 Å². The Balaban J connectivity index is 2.02. The summed E-state index contributed by atoms with van der Waals surface area (Å²) in [6.45, 7) is 2.72. The summed E-state index contributed by atoms with van der Waals surface area (Å²) in [4.78, 5) is 0. The van der Waals surface area contributed by atoms with E-state index in [0.29, 0.717) is 13.0 Å². The molecule has 1 N–H and O–H groups in total. The largest absolute Gasteiger partial charge is 0.484 e. The highest BCUT2D eigenvalue weighted by molar-refractivity contribution is 9.10. The van der Waals surface area contributed by atoms with Crippen molar-refractivity contribution in [3.8, 4) is 5.75 Å². The van der Waals surface area contributed by atoms with Crippen molar-refractivity contribution < 1.29 is 14.6 Å². The van der Waals surface area contributed by atoms with Crippen molar-refractivity contribution >= 4 is 15.9 Å². The maximum atomic E-state index is 10.2. The highest BCUT2D eigenvalue weighted by atomic mass is 79.9. The first-order valence-electron chi connectivity index (χ1n) is 5.89. The van der Waals surface area contributed by atoms with E-state index >= 15 is 0 Å². The number of hydrogen-bond donors (Lipinski definition) is 1. The molecule has 1 spiro atoms. The molecule has 2 aliphatic heterocycles. The van der Waals surface area contributed by atoms with Crippen LogP contribution in [0.1, 0.15) is 31.4 Å². The van der Waals surface area contributed by atoms with Crippen LogP contribution in [0.4, 0.5) is 0 Å². The number of benzene rings is 1. The number of ether oxygens (including phenoxy) is 2. The summed E-state index contributed by atoms with van der Waals surface area (Å²) in [5, 5.41) is 10.2. The van der Waals surface area contributed by atoms with E-state index in [9.17, 15) is 5.11 Å². The molecule has 1 saturated heterocycles. The zero-order chi connectivity index (χ0) is 12.0. The minimum atomic E-state index is -0.462. The van der Waals surface area contributed by atoms with Crippen LogP contribution in [0.15, 0.2) is 22.7 Å². The third-order valence-electron chi connectivity index (χ3n) is 3.82. The fourth-order valence-electron chi connectivity index (χ4n) is 2.74. The van der Waals surface area contributed by atoms with E-state index < -0.39 is 6.10 Å². The van der Waals surface area contributed by atoms with Crippen LogP contribution in [0.25, 0.3) is 0 Å². The van der Waals surface area contributed by atoms with E-state index in [4.69, 9.17) is 9.47 Å². The van der Waals surface area contributed by atoms with E-state index in [-0.39, 0.29) is 11.7 Å². The first-order chi connectivity index (χ1) is 8.11. The van der Waals surface area contributed by atoms with Gasteiger partial charge in [-0.15, -0.1) is 0 Å². The van der Waals surface area contributed by atoms with Gasteiger partial charge in [-0.1, -0.05) is 22.0 Å². The zero-order valence-electron chi connectivity index (χ0n) is 9.65. The first-order valence-corrected chi connectivity index (χ1v) is 6.68. The fraction of sp³-hybridized carbons (Fsp3) is 0.538. The second-order valence-corrected chi connectivity index (χ2v) is 5.75. The molecule has 4 heteroatoms. The number of rotatable bonds is 0. The van der Waals surface area contributed by atoms with Crippen LogP contribution >= 0.6 is 15.9 Å². The Morgan fingerprint density at radius 2 is 2.29 bits per heavy atom. The maximum absolute atomic E-state index is 10.2. The molecule has 92 valence electrons. The molecular weight excluding hydrogens is 284 g/mol. The third kappa shape index (κ3) is 1.79. The summed E-state index contributed by atoms with van der Waals surface area (Å²) in [6, 6.07) is 5.76. The average molecular weight is 299 g/mol. The molecule has 1 aromatic carbocycles. The lowest BCUT2D eigenvalue weighted by Gasteiger charge is -2.40. The number of aliphatic hydroxyl groups is 1. The number of hydrogen-bond acceptors (Lipinski definition) is 3. The summed E-state index contributed by atoms with van der Waals surface area (Å²) >= 11 is 3.43. The van der Waals surface area contributed by atoms with Crippen molar-refractivity contribution in [1.82, 2.24) is 0 Å². The van der Waals surface area contributed by atoms with Gasteiger partial charge in [-0.05, 0) is 19.1 Å². The molecular formula is C13H15BrO3. The Kier molecular flexibility index (Phi) is 2.69. The smallest absolute Gasteiger partial charge is 0.140 e. The van der Waals surface area contributed by atoms with Crippen molar-refractivity contribution in [3.63, 3.8) is 0 Å². The van der Waals surface area contributed by atoms with Crippen LogP contribution < -0.4 is 4.74 Å². The van der Waals surface area contributed by atoms with Crippen molar-refractivity contribution in [3.05, 3.63) is 28.2 Å². The molecule has 0 aliphatic carbocycles. The molecule has 2 aliphatic rings. The predicted octanol–water partition coefficient (Wildman–Crippen LogP) is 2.81. The van der Waals surface area contributed by atoms with Crippen LogP contribution in [0.5, 0.6) is 5.75 Å². The number of halogens is 1. The van der Waals surface area contributed by atoms with E-state index in [1.165, 1.54) is 0 Å². The molecule has 1 aromatic rings. The minimum Gasteiger partial charge on any atom is -0.484 e. The molecule has 0 radical (unpaired) electrons. The third-order valence-corrected chi connectivity index (χ3v) is 4.31. The molecule has 2 unspecified atom stereocenters. The lowest BCUT2D eigenvalue weighted by Crippen LogP contribution is -2.46. The summed E-state index contributed by atoms with van der Waals surface area (Å²) in [7, 11) is 0. The Bertz CT molecular complexity index is 448. The first kappa shape index (κ1) is 11.5. The van der Waals surface area contributed by atoms with Crippen molar-refractivity contribution in [2.45, 2.75) is 37.6 Å². The standard InChI is InChI=1S/C13H15BrO3/c1-8-13(4-5-16-8)7-11(15)10-3-2-9(14)6-12(10)17-13/h2-3,6,8,11,15H,4-5,7H2,1H3/t8?,11-,13?/m0/s1. The predicted molar refractivity (Wildman–Crippen MR) is 67.1 cm³/mol. The quantitative estimate of drug-likeness (QED) is 0.800. The lowest BCUT2D eigenvalue weighted by molar-refractivity contribution is -0.0565. The summed E-state index contributed by atoms with van der Waals surface area (Å²) in [5.74, 6) is 0.774. The van der Waals surface area contributed by atoms with Crippen LogP contribution in [0.2, 0.25) is 0 Å². The second-order valence-electron chi connectivity index (χ2n) is 4.83. The zero-order valence-corrected chi connectivity index (χ0v) is 11.2. The van der Waals surface area contributed by atoms with Gasteiger partial charge in [-0.2, -0.15) is 0 Å². The molecule has 3 atom stereocenters. The fourth-order valence-corrected chi connectivity index (χ4v) is 3.08. The highest BCUT2D eigenvalue weighted by Crippen LogP contribution is 2.46. The normalized spacial score (nSPS) is 35.7. The van der Waals surface area contributed by atoms with E-state index in [1.54, 1.807) is 0 Å². The maximum Gasteiger partial charge on any atom is 0.140 e. The Morgan fingerprint density at radius 1 is 1.47 bits per heavy atom. The van der Waals surface area contributed by atoms with E-state index in [0.717, 1.165) is 22.2 Å². The van der Waals surface area contributed by atoms with Gasteiger partial charge in [0.2, 0.25) is 0 Å². The van der Waals surface area contributed by atoms with E-state index in [1.807, 2.05) is 25.1 Å². The molecule has 3 rings (SSSR count). The van der Waals surface area contributed by atoms with Crippen LogP contribution in [-0.2, 0) is 4.74 Å². The highest BCUT2D eigenvalue weighted by Gasteiger charge is 2.48. The molecule has 0 bridgehead atoms. The summed E-state index contributed by atoms with van der Waals surface area (Å²) in [5.41, 5.74) is 0.519. The number of fused-ring (bicyclic) bond motifs is 1. The van der Waals surface area contributed by atoms with Gasteiger partial charge in [0, 0.05) is 22.9 Å². The summed E-state index contributed by atoms with van der Waals surface area (Å²) < 4.78 is 12.7. The molecule has 0 amide bonds. The topological polar surface area (TPSA) is 38.7 Å². The lowest BCUT2D eigenvalue weighted by atomic mass is 9.84. The molecule has 17 heavy (non-hydrogen) atoms. The van der Waals surface area contributed by atoms with Gasteiger partial charge < -0.3 is 14.6 Å². The van der Waals surface area contributed by atoms with Gasteiger partial charge in [-0.3, -0.25) is 0 Å². The Morgan fingerprint density at radius 3 is 3.00 bits per heavy atom. The van der Waals surface area contributed by atoms with Crippen LogP contribution in [0, 0.1) is 0 Å². The molecule has 2 heterocycles. The van der Waals surface area contributed by atoms with Gasteiger partial charge in [0.15, 0.2) is 0 Å². The van der Waals surface area contributed by atoms with E-state index in [2.05, 4.69) is 15.9 Å². The SMILES string of the molecule is CC1OCCC12C[C@H](O)c1ccc(Br)cc1O2. The molecule has 0 aromatic heterocycles. The van der Waals surface area contributed by atoms with Gasteiger partial charge in [0.25, 0.3) is 0 Å². The molecule has 3 nitrogen and oxygen atoms in total. The van der Waals surface area contributed by atoms with Crippen LogP contribution in [0.3, 0.4) is 0 Å². The van der Waals surface area contributed by atoms with Gasteiger partial charge in [-0.25, -0.2) is 0 Å². The molecule has 0 saturated carbocycles. The van der Waals surface area contributed by atoms with Crippen LogP contribution in [-0.4, -0.2) is 23.4 Å². The monoisotopic (exact) mass is 298 g/mol. The van der Waals surface area contributed by atoms with Crippen molar-refractivity contribution in [2.24, 2.45) is 0 Å². The van der Waals surface area contributed by atoms with Gasteiger partial charge in [0.05, 0.1) is 18.8 Å². The molecule has 1 fully saturated rings. The Labute approximate surface area is 109 Å². The average Bonchev–Trinajstić information content (AvgIpc) is 2.59. The van der Waals surface area contributed by atoms with Crippen molar-refractivity contribution in [1.29, 1.82) is 0 Å². The second kappa shape index (κ2) is 3.97.